The van der Waals surface area contributed by atoms with Crippen molar-refractivity contribution in [2.45, 2.75) is 73.5 Å². The molecule has 7 aromatic carbocycles. The van der Waals surface area contributed by atoms with Crippen LogP contribution in [0.3, 0.4) is 0 Å². The molecule has 1 radical (unpaired) electrons. The van der Waals surface area contributed by atoms with E-state index in [9.17, 15) is 4.39 Å². The molecule has 3 aromatic heterocycles. The van der Waals surface area contributed by atoms with Gasteiger partial charge in [-0.1, -0.05) is 120 Å². The predicted molar refractivity (Wildman–Crippen MR) is 252 cm³/mol. The van der Waals surface area contributed by atoms with Crippen molar-refractivity contribution in [3.05, 3.63) is 174 Å². The summed E-state index contributed by atoms with van der Waals surface area (Å²) in [4.78, 5) is 9.39. The number of hydrogen-bond acceptors (Lipinski definition) is 3. The van der Waals surface area contributed by atoms with E-state index in [1.165, 1.54) is 17.0 Å². The van der Waals surface area contributed by atoms with Gasteiger partial charge in [-0.25, -0.2) is 4.39 Å². The van der Waals surface area contributed by atoms with Gasteiger partial charge in [0.25, 0.3) is 0 Å². The van der Waals surface area contributed by atoms with E-state index in [-0.39, 0.29) is 48.9 Å². The maximum absolute atomic E-state index is 14.5. The molecule has 0 spiro atoms. The van der Waals surface area contributed by atoms with Crippen LogP contribution >= 0.6 is 0 Å². The Kier molecular flexibility index (Phi) is 10.1. The summed E-state index contributed by atoms with van der Waals surface area (Å²) < 4.78 is 64.8. The molecule has 10 aromatic rings. The van der Waals surface area contributed by atoms with Gasteiger partial charge in [-0.05, 0) is 111 Å². The van der Waals surface area contributed by atoms with Crippen LogP contribution in [0.15, 0.2) is 138 Å². The van der Waals surface area contributed by atoms with Gasteiger partial charge in [-0.15, -0.1) is 54.1 Å². The van der Waals surface area contributed by atoms with Crippen LogP contribution in [0, 0.1) is 30.2 Å². The van der Waals surface area contributed by atoms with Crippen LogP contribution in [0.1, 0.15) is 89.4 Å². The average Bonchev–Trinajstić information content (AvgIpc) is 3.86. The Balaban J connectivity index is 0.000000187. The standard InChI is InChI=1S/C31H26NO.C25H24FN2.Ir/c1-19-18-32-28(14-22(19)17-31(2,3)4)25-11-7-10-24-27-16-26-21(15-29(27)33-30(24)25)13-12-20-8-5-6-9-23(20)26;1-16(2)20-14-19(26)15-21(17(3)4)24(20)28-23-13-9-8-12-22(23)27-25(28)18-10-6-5-7-11-18;/h5-10,12-16,18H,17H2,1-4H3;5-10,12-17H,1-4H3;/q2*-1;/i1D3,17D2;;. The third kappa shape index (κ3) is 8.10. The molecule has 0 atom stereocenters. The van der Waals surface area contributed by atoms with E-state index in [0.29, 0.717) is 16.8 Å². The molecule has 0 aliphatic carbocycles. The summed E-state index contributed by atoms with van der Waals surface area (Å²) in [5.41, 5.74) is 7.35. The van der Waals surface area contributed by atoms with E-state index in [1.54, 1.807) is 45.0 Å². The van der Waals surface area contributed by atoms with Crippen molar-refractivity contribution in [1.29, 1.82) is 0 Å². The van der Waals surface area contributed by atoms with Crippen LogP contribution in [0.4, 0.5) is 4.39 Å². The first kappa shape index (κ1) is 36.7. The molecule has 4 nitrogen and oxygen atoms in total. The number of pyridine rings is 1. The molecule has 3 heterocycles. The molecule has 0 aliphatic rings. The molecule has 62 heavy (non-hydrogen) atoms. The van der Waals surface area contributed by atoms with Gasteiger partial charge in [-0.2, -0.15) is 0 Å². The number of halogens is 1. The number of imidazole rings is 1. The van der Waals surface area contributed by atoms with Crippen LogP contribution < -0.4 is 0 Å². The van der Waals surface area contributed by atoms with Crippen LogP contribution in [0.2, 0.25) is 0 Å². The van der Waals surface area contributed by atoms with Crippen molar-refractivity contribution >= 4 is 54.5 Å². The molecule has 0 amide bonds. The van der Waals surface area contributed by atoms with Crippen molar-refractivity contribution in [2.24, 2.45) is 5.41 Å². The summed E-state index contributed by atoms with van der Waals surface area (Å²) in [6.45, 7) is 11.2. The predicted octanol–water partition coefficient (Wildman–Crippen LogP) is 15.5. The third-order valence-corrected chi connectivity index (χ3v) is 11.1. The minimum absolute atomic E-state index is 0. The number of aromatic nitrogens is 3. The third-order valence-electron chi connectivity index (χ3n) is 11.1. The van der Waals surface area contributed by atoms with Crippen molar-refractivity contribution in [2.75, 3.05) is 0 Å². The van der Waals surface area contributed by atoms with E-state index >= 15 is 0 Å². The normalized spacial score (nSPS) is 13.5. The van der Waals surface area contributed by atoms with Gasteiger partial charge in [0, 0.05) is 44.2 Å². The quantitative estimate of drug-likeness (QED) is 0.123. The van der Waals surface area contributed by atoms with Crippen LogP contribution in [-0.4, -0.2) is 14.5 Å². The van der Waals surface area contributed by atoms with Crippen molar-refractivity contribution in [3.8, 4) is 28.3 Å². The Morgan fingerprint density at radius 1 is 0.758 bits per heavy atom. The zero-order valence-corrected chi connectivity index (χ0v) is 38.2. The second-order valence-electron chi connectivity index (χ2n) is 17.3. The van der Waals surface area contributed by atoms with Crippen LogP contribution in [-0.2, 0) is 26.5 Å². The topological polar surface area (TPSA) is 43.9 Å². The van der Waals surface area contributed by atoms with Gasteiger partial charge < -0.3 is 14.0 Å². The second-order valence-corrected chi connectivity index (χ2v) is 17.3. The minimum atomic E-state index is -2.50. The maximum Gasteiger partial charge on any atom is 0.123 e. The van der Waals surface area contributed by atoms with Gasteiger partial charge in [0.05, 0.1) is 22.4 Å². The monoisotopic (exact) mass is 997 g/mol. The van der Waals surface area contributed by atoms with Crippen molar-refractivity contribution in [1.82, 2.24) is 14.5 Å². The summed E-state index contributed by atoms with van der Waals surface area (Å²) in [6, 6.07) is 47.8. The molecular formula is C56H50FIrN3O-2. The number of benzene rings is 7. The fourth-order valence-electron chi connectivity index (χ4n) is 8.28. The molecule has 6 heteroatoms. The zero-order chi connectivity index (χ0) is 46.9. The molecule has 0 bridgehead atoms. The van der Waals surface area contributed by atoms with E-state index < -0.39 is 18.6 Å². The first-order valence-corrected chi connectivity index (χ1v) is 20.8. The zero-order valence-electron chi connectivity index (χ0n) is 40.8. The summed E-state index contributed by atoms with van der Waals surface area (Å²) >= 11 is 0. The molecule has 313 valence electrons. The second kappa shape index (κ2) is 17.1. The number of aryl methyl sites for hydroxylation is 1. The largest absolute Gasteiger partial charge is 0.501 e. The van der Waals surface area contributed by atoms with E-state index in [4.69, 9.17) is 16.3 Å². The number of fused-ring (bicyclic) bond motifs is 7. The Labute approximate surface area is 384 Å². The first-order valence-electron chi connectivity index (χ1n) is 23.3. The summed E-state index contributed by atoms with van der Waals surface area (Å²) in [6.07, 6.45) is -0.647. The fourth-order valence-corrected chi connectivity index (χ4v) is 8.28. The molecule has 10 rings (SSSR count). The number of nitrogens with zero attached hydrogens (tertiary/aromatic N) is 3. The smallest absolute Gasteiger partial charge is 0.123 e. The fraction of sp³-hybridized carbons (Fsp3) is 0.214. The molecule has 0 N–H and O–H groups in total. The Morgan fingerprint density at radius 2 is 1.48 bits per heavy atom. The first-order chi connectivity index (χ1) is 31.3. The minimum Gasteiger partial charge on any atom is -0.501 e. The number of furan rings is 1. The Hall–Kier alpha value is -5.94. The van der Waals surface area contributed by atoms with Crippen molar-refractivity contribution in [3.63, 3.8) is 0 Å². The van der Waals surface area contributed by atoms with E-state index in [2.05, 4.69) is 85.8 Å². The van der Waals surface area contributed by atoms with Crippen LogP contribution in [0.25, 0.3) is 82.8 Å². The SMILES string of the molecule is CC(C)c1cc(F)cc(C(C)C)c1-n1c(-c2[c-]cccc2)nc2ccccc21.[2H]C([2H])([2H])c1cnc(-c2[c-]ccc3c2oc2cc4ccc5ccccc5c4cc23)cc1C([2H])([2H])C(C)(C)C.[Ir]. The molecular weight excluding hydrogens is 942 g/mol. The van der Waals surface area contributed by atoms with Gasteiger partial charge in [0.1, 0.15) is 11.4 Å². The molecule has 0 saturated heterocycles. The maximum atomic E-state index is 14.5. The van der Waals surface area contributed by atoms with Gasteiger partial charge in [-0.3, -0.25) is 4.98 Å². The van der Waals surface area contributed by atoms with Crippen molar-refractivity contribution < 1.29 is 35.8 Å². The summed E-state index contributed by atoms with van der Waals surface area (Å²) in [7, 11) is 0. The summed E-state index contributed by atoms with van der Waals surface area (Å²) in [5.74, 6) is 1.000. The number of hydrogen-bond donors (Lipinski definition) is 0. The average molecular weight is 997 g/mol. The van der Waals surface area contributed by atoms with E-state index in [1.807, 2.05) is 66.7 Å². The molecule has 0 aliphatic heterocycles. The molecule has 0 fully saturated rings. The Bertz CT molecular complexity index is 3430. The Morgan fingerprint density at radius 3 is 2.21 bits per heavy atom. The van der Waals surface area contributed by atoms with Gasteiger partial charge >= 0.3 is 0 Å². The number of para-hydroxylation sites is 2. The molecule has 0 saturated carbocycles. The number of rotatable bonds is 6. The van der Waals surface area contributed by atoms with Gasteiger partial charge in [0.15, 0.2) is 0 Å². The van der Waals surface area contributed by atoms with E-state index in [0.717, 1.165) is 66.4 Å². The molecule has 0 unspecified atom stereocenters. The summed E-state index contributed by atoms with van der Waals surface area (Å²) in [5, 5.41) is 6.39. The van der Waals surface area contributed by atoms with Crippen LogP contribution in [0.5, 0.6) is 0 Å². The van der Waals surface area contributed by atoms with Gasteiger partial charge in [0.2, 0.25) is 0 Å².